The molecule has 1 saturated heterocycles. The fourth-order valence-electron chi connectivity index (χ4n) is 8.09. The van der Waals surface area contributed by atoms with Crippen LogP contribution in [-0.4, -0.2) is 106 Å². The first-order valence-electron chi connectivity index (χ1n) is 21.2. The highest BCUT2D eigenvalue weighted by atomic mass is 35.5. The van der Waals surface area contributed by atoms with Gasteiger partial charge < -0.3 is 25.0 Å². The van der Waals surface area contributed by atoms with Crippen molar-refractivity contribution in [1.29, 1.82) is 0 Å². The number of hydrogen-bond acceptors (Lipinski definition) is 11. The second-order valence-electron chi connectivity index (χ2n) is 17.8. The molecule has 2 aromatic carbocycles. The highest BCUT2D eigenvalue weighted by Gasteiger charge is 2.62. The summed E-state index contributed by atoms with van der Waals surface area (Å²) >= 11 is 7.76. The maximum Gasteiger partial charge on any atom is 0.408 e. The van der Waals surface area contributed by atoms with Crippen LogP contribution < -0.4 is 20.1 Å². The molecule has 4 amide bonds. The first kappa shape index (κ1) is 46.0. The fourth-order valence-corrected chi connectivity index (χ4v) is 9.74. The van der Waals surface area contributed by atoms with E-state index in [1.807, 2.05) is 78.4 Å². The third-order valence-electron chi connectivity index (χ3n) is 11.4. The number of rotatable bonds is 9. The second kappa shape index (κ2) is 18.2. The van der Waals surface area contributed by atoms with Crippen LogP contribution in [0.2, 0.25) is 5.02 Å². The predicted octanol–water partition coefficient (Wildman–Crippen LogP) is 6.62. The number of nitrogens with one attached hydrogen (secondary N) is 3. The molecule has 63 heavy (non-hydrogen) atoms. The molecule has 0 unspecified atom stereocenters. The smallest absolute Gasteiger partial charge is 0.408 e. The Hall–Kier alpha value is -5.04. The minimum absolute atomic E-state index is 0.00850. The standard InChI is InChI=1S/C44H55ClN8O8S2/c1-26(2)53-34-20-14-18-31(38-46-33(25-62-38)27-15-13-17-29(45)21-27)36(34)48-41(53)60-30-22-35-37(54)49-44(40(56)50-63(58,59)51(6)7)23-28(44)16-11-9-8-10-12-19-32(39(55)52(35)24-30)47-42(57)61-43(3,4)5/h11,13-18,20-21,25-26,28,30,32,35H,8-10,12,19,22-24H2,1-7H3,(H,47,57)(H,49,54)(H,50,56)/b16-11-/t28-,30-,32+,35+,44-/m1/s1. The molecular weight excluding hydrogens is 868 g/mol. The number of ether oxygens (including phenoxy) is 2. The number of nitrogens with zero attached hydrogens (tertiary/aromatic N) is 5. The van der Waals surface area contributed by atoms with Gasteiger partial charge in [-0.05, 0) is 84.6 Å². The number of aromatic nitrogens is 3. The number of allylic oxidation sites excluding steroid dienone is 1. The van der Waals surface area contributed by atoms with Crippen LogP contribution >= 0.6 is 22.9 Å². The largest absolute Gasteiger partial charge is 0.459 e. The topological polar surface area (TPSA) is 194 Å². The second-order valence-corrected chi connectivity index (χ2v) is 21.0. The van der Waals surface area contributed by atoms with Gasteiger partial charge in [-0.2, -0.15) is 17.7 Å². The van der Waals surface area contributed by atoms with E-state index in [2.05, 4.69) is 15.4 Å². The number of carbonyl (C=O) groups excluding carboxylic acids is 4. The lowest BCUT2D eigenvalue weighted by atomic mass is 10.0. The van der Waals surface area contributed by atoms with Crippen LogP contribution in [-0.2, 0) is 29.3 Å². The maximum atomic E-state index is 14.7. The molecular formula is C44H55ClN8O8S2. The summed E-state index contributed by atoms with van der Waals surface area (Å²) in [5, 5.41) is 8.97. The van der Waals surface area contributed by atoms with Crippen LogP contribution in [0.25, 0.3) is 32.9 Å². The lowest BCUT2D eigenvalue weighted by Crippen LogP contribution is -2.58. The van der Waals surface area contributed by atoms with E-state index in [1.165, 1.54) is 30.3 Å². The van der Waals surface area contributed by atoms with E-state index >= 15 is 0 Å². The van der Waals surface area contributed by atoms with Gasteiger partial charge >= 0.3 is 16.3 Å². The van der Waals surface area contributed by atoms with E-state index in [4.69, 9.17) is 31.0 Å². The van der Waals surface area contributed by atoms with Gasteiger partial charge in [-0.1, -0.05) is 54.8 Å². The number of alkyl carbamates (subject to hydrolysis) is 1. The number of amides is 4. The van der Waals surface area contributed by atoms with Crippen molar-refractivity contribution in [1.82, 2.24) is 39.1 Å². The molecule has 2 aliphatic heterocycles. The Morgan fingerprint density at radius 1 is 1.08 bits per heavy atom. The molecule has 1 saturated carbocycles. The van der Waals surface area contributed by atoms with E-state index in [9.17, 15) is 27.6 Å². The lowest BCUT2D eigenvalue weighted by Gasteiger charge is -2.30. The summed E-state index contributed by atoms with van der Waals surface area (Å²) in [6.45, 7) is 9.14. The van der Waals surface area contributed by atoms with Gasteiger partial charge in [0.25, 0.3) is 11.9 Å². The molecule has 5 atom stereocenters. The Morgan fingerprint density at radius 3 is 2.56 bits per heavy atom. The average Bonchev–Trinajstić information content (AvgIpc) is 3.55. The maximum absolute atomic E-state index is 14.7. The highest BCUT2D eigenvalue weighted by Crippen LogP contribution is 2.46. The van der Waals surface area contributed by atoms with Crippen LogP contribution in [0.4, 0.5) is 4.79 Å². The molecule has 3 N–H and O–H groups in total. The Kier molecular flexibility index (Phi) is 13.3. The Labute approximate surface area is 376 Å². The van der Waals surface area contributed by atoms with Crippen molar-refractivity contribution in [3.05, 3.63) is 65.0 Å². The van der Waals surface area contributed by atoms with Crippen LogP contribution in [0.5, 0.6) is 6.01 Å². The van der Waals surface area contributed by atoms with E-state index in [-0.39, 0.29) is 37.9 Å². The molecule has 7 rings (SSSR count). The first-order chi connectivity index (χ1) is 29.8. The van der Waals surface area contributed by atoms with Gasteiger partial charge in [-0.15, -0.1) is 11.3 Å². The predicted molar refractivity (Wildman–Crippen MR) is 241 cm³/mol. The molecule has 0 radical (unpaired) electrons. The average molecular weight is 924 g/mol. The molecule has 0 bridgehead atoms. The third-order valence-corrected chi connectivity index (χ3v) is 13.9. The lowest BCUT2D eigenvalue weighted by molar-refractivity contribution is -0.141. The number of thiazole rings is 1. The van der Waals surface area contributed by atoms with Crippen molar-refractivity contribution < 1.29 is 37.1 Å². The van der Waals surface area contributed by atoms with Crippen molar-refractivity contribution in [2.45, 2.75) is 115 Å². The summed E-state index contributed by atoms with van der Waals surface area (Å²) in [6.07, 6.45) is 5.48. The van der Waals surface area contributed by atoms with Crippen molar-refractivity contribution >= 4 is 68.0 Å². The van der Waals surface area contributed by atoms with E-state index in [0.29, 0.717) is 23.4 Å². The molecule has 1 aliphatic carbocycles. The summed E-state index contributed by atoms with van der Waals surface area (Å²) < 4.78 is 42.9. The molecule has 4 heterocycles. The summed E-state index contributed by atoms with van der Waals surface area (Å²) in [5.74, 6) is -2.53. The summed E-state index contributed by atoms with van der Waals surface area (Å²) in [7, 11) is -1.61. The van der Waals surface area contributed by atoms with Gasteiger partial charge in [0.2, 0.25) is 11.8 Å². The van der Waals surface area contributed by atoms with Gasteiger partial charge in [0.05, 0.1) is 17.8 Å². The molecule has 16 nitrogen and oxygen atoms in total. The zero-order valence-electron chi connectivity index (χ0n) is 36.5. The van der Waals surface area contributed by atoms with Crippen LogP contribution in [0.15, 0.2) is 60.0 Å². The quantitative estimate of drug-likeness (QED) is 0.154. The van der Waals surface area contributed by atoms with Gasteiger partial charge in [0.1, 0.15) is 39.9 Å². The van der Waals surface area contributed by atoms with Crippen LogP contribution in [0.1, 0.15) is 85.6 Å². The minimum Gasteiger partial charge on any atom is -0.459 e. The van der Waals surface area contributed by atoms with Gasteiger partial charge in [0, 0.05) is 54.0 Å². The number of hydrogen-bond donors (Lipinski definition) is 3. The van der Waals surface area contributed by atoms with Crippen molar-refractivity contribution in [2.75, 3.05) is 20.6 Å². The molecule has 338 valence electrons. The van der Waals surface area contributed by atoms with Gasteiger partial charge in [-0.25, -0.2) is 14.5 Å². The van der Waals surface area contributed by atoms with Gasteiger partial charge in [0.15, 0.2) is 0 Å². The van der Waals surface area contributed by atoms with Crippen LogP contribution in [0, 0.1) is 5.92 Å². The molecule has 0 spiro atoms. The van der Waals surface area contributed by atoms with Crippen molar-refractivity contribution in [3.8, 4) is 27.8 Å². The van der Waals surface area contributed by atoms with E-state index in [1.54, 1.807) is 20.8 Å². The monoisotopic (exact) mass is 922 g/mol. The SMILES string of the molecule is CC(C)n1c(O[C@@H]2C[C@H]3C(=O)N[C@]4(C(=O)NS(=O)(=O)N(C)C)C[C@H]4/C=C\CCCCC[C@H](NC(=O)OC(C)(C)C)C(=O)N3C2)nc2c(-c3nc(-c4cccc(Cl)c4)cs3)cccc21. The number of imidazole rings is 1. The molecule has 3 aliphatic rings. The zero-order valence-corrected chi connectivity index (χ0v) is 38.9. The first-order valence-corrected chi connectivity index (χ1v) is 23.9. The third kappa shape index (κ3) is 10.2. The Balaban J connectivity index is 1.23. The molecule has 2 fully saturated rings. The Bertz CT molecular complexity index is 2530. The number of carbonyl (C=O) groups is 4. The summed E-state index contributed by atoms with van der Waals surface area (Å²) in [5.41, 5.74) is 1.51. The normalized spacial score (nSPS) is 23.9. The number of halogens is 1. The van der Waals surface area contributed by atoms with Crippen molar-refractivity contribution in [2.24, 2.45) is 5.92 Å². The van der Waals surface area contributed by atoms with Gasteiger partial charge in [-0.3, -0.25) is 19.0 Å². The zero-order chi connectivity index (χ0) is 45.4. The number of fused-ring (bicyclic) bond motifs is 3. The number of benzene rings is 2. The van der Waals surface area contributed by atoms with Crippen LogP contribution in [0.3, 0.4) is 0 Å². The summed E-state index contributed by atoms with van der Waals surface area (Å²) in [4.78, 5) is 67.7. The molecule has 2 aromatic heterocycles. The van der Waals surface area contributed by atoms with E-state index < -0.39 is 69.3 Å². The highest BCUT2D eigenvalue weighted by molar-refractivity contribution is 7.87. The van der Waals surface area contributed by atoms with E-state index in [0.717, 1.165) is 44.5 Å². The summed E-state index contributed by atoms with van der Waals surface area (Å²) in [6, 6.07) is 11.3. The number of para-hydroxylation sites is 1. The molecule has 19 heteroatoms. The fraction of sp³-hybridized carbons (Fsp3) is 0.500. The van der Waals surface area contributed by atoms with Crippen molar-refractivity contribution in [3.63, 3.8) is 0 Å². The minimum atomic E-state index is -4.20. The molecule has 4 aromatic rings. The Morgan fingerprint density at radius 2 is 1.84 bits per heavy atom.